The van der Waals surface area contributed by atoms with Crippen LogP contribution >= 0.6 is 0 Å². The molecule has 34 heavy (non-hydrogen) atoms. The summed E-state index contributed by atoms with van der Waals surface area (Å²) >= 11 is 0. The van der Waals surface area contributed by atoms with E-state index in [0.29, 0.717) is 39.2 Å². The quantitative estimate of drug-likeness (QED) is 0.378. The molecular formula is C23H14F3N5O3. The van der Waals surface area contributed by atoms with Crippen molar-refractivity contribution in [2.24, 2.45) is 0 Å². The van der Waals surface area contributed by atoms with Gasteiger partial charge < -0.3 is 9.26 Å². The van der Waals surface area contributed by atoms with E-state index in [0.717, 1.165) is 4.68 Å². The second-order valence-corrected chi connectivity index (χ2v) is 7.25. The summed E-state index contributed by atoms with van der Waals surface area (Å²) in [5.74, 6) is 0.126. The molecule has 5 aromatic rings. The molecule has 0 aliphatic carbocycles. The van der Waals surface area contributed by atoms with Gasteiger partial charge in [0.2, 0.25) is 0 Å². The van der Waals surface area contributed by atoms with Crippen molar-refractivity contribution in [2.45, 2.75) is 12.9 Å². The molecule has 2 aromatic carbocycles. The van der Waals surface area contributed by atoms with Crippen molar-refractivity contribution in [2.75, 3.05) is 0 Å². The van der Waals surface area contributed by atoms with E-state index in [-0.39, 0.29) is 12.3 Å². The third-order valence-electron chi connectivity index (χ3n) is 4.93. The summed E-state index contributed by atoms with van der Waals surface area (Å²) in [4.78, 5) is 17.2. The number of nitrogens with zero attached hydrogens (tertiary/aromatic N) is 5. The van der Waals surface area contributed by atoms with Crippen LogP contribution in [0.15, 0.2) is 82.2 Å². The smallest absolute Gasteiger partial charge is 0.406 e. The van der Waals surface area contributed by atoms with Crippen molar-refractivity contribution in [3.63, 3.8) is 0 Å². The largest absolute Gasteiger partial charge is 0.573 e. The summed E-state index contributed by atoms with van der Waals surface area (Å²) in [6, 6.07) is 17.4. The van der Waals surface area contributed by atoms with Gasteiger partial charge in [0.15, 0.2) is 5.76 Å². The first-order valence-electron chi connectivity index (χ1n) is 9.96. The SMILES string of the molecule is O=c1c2cc(-c3ccc(OC(F)(F)F)cc3)ccc2nnn1Cc1cc(-c2ccccn2)on1. The van der Waals surface area contributed by atoms with Crippen LogP contribution in [0.25, 0.3) is 33.5 Å². The lowest BCUT2D eigenvalue weighted by Gasteiger charge is -2.09. The average molecular weight is 465 g/mol. The Hall–Kier alpha value is -4.54. The monoisotopic (exact) mass is 465 g/mol. The number of rotatable bonds is 5. The molecular weight excluding hydrogens is 451 g/mol. The van der Waals surface area contributed by atoms with Gasteiger partial charge >= 0.3 is 6.36 Å². The molecule has 170 valence electrons. The van der Waals surface area contributed by atoms with E-state index >= 15 is 0 Å². The number of aromatic nitrogens is 5. The molecule has 0 unspecified atom stereocenters. The molecule has 0 amide bonds. The van der Waals surface area contributed by atoms with E-state index in [9.17, 15) is 18.0 Å². The summed E-state index contributed by atoms with van der Waals surface area (Å²) in [6.45, 7) is 0.0335. The molecule has 11 heteroatoms. The second-order valence-electron chi connectivity index (χ2n) is 7.25. The van der Waals surface area contributed by atoms with Crippen molar-refractivity contribution in [1.29, 1.82) is 0 Å². The molecule has 5 rings (SSSR count). The first-order chi connectivity index (χ1) is 16.4. The predicted octanol–water partition coefficient (Wildman–Crippen LogP) is 4.46. The molecule has 0 bridgehead atoms. The van der Waals surface area contributed by atoms with Crippen LogP contribution in [0.4, 0.5) is 13.2 Å². The van der Waals surface area contributed by atoms with Crippen LogP contribution in [-0.4, -0.2) is 31.5 Å². The van der Waals surface area contributed by atoms with E-state index in [1.807, 2.05) is 6.07 Å². The normalized spacial score (nSPS) is 11.6. The van der Waals surface area contributed by atoms with Gasteiger partial charge in [0, 0.05) is 12.3 Å². The molecule has 3 heterocycles. The second kappa shape index (κ2) is 8.43. The fourth-order valence-electron chi connectivity index (χ4n) is 3.38. The standard InChI is InChI=1S/C23H14F3N5O3/c24-23(25,26)33-17-7-4-14(5-8-17)15-6-9-19-18(11-15)22(32)31(30-28-19)13-16-12-21(34-29-16)20-3-1-2-10-27-20/h1-12H,13H2. The highest BCUT2D eigenvalue weighted by molar-refractivity contribution is 5.83. The zero-order valence-electron chi connectivity index (χ0n) is 17.2. The van der Waals surface area contributed by atoms with E-state index in [1.54, 1.807) is 42.6 Å². The minimum atomic E-state index is -4.77. The molecule has 0 N–H and O–H groups in total. The first-order valence-corrected chi connectivity index (χ1v) is 9.96. The van der Waals surface area contributed by atoms with E-state index in [2.05, 4.69) is 25.2 Å². The highest BCUT2D eigenvalue weighted by Crippen LogP contribution is 2.27. The Balaban J connectivity index is 1.43. The van der Waals surface area contributed by atoms with Gasteiger partial charge in [-0.2, -0.15) is 0 Å². The molecule has 8 nitrogen and oxygen atoms in total. The number of alkyl halides is 3. The van der Waals surface area contributed by atoms with Crippen molar-refractivity contribution < 1.29 is 22.4 Å². The Morgan fingerprint density at radius 2 is 1.76 bits per heavy atom. The number of pyridine rings is 1. The van der Waals surface area contributed by atoms with Crippen LogP contribution in [0.5, 0.6) is 5.75 Å². The van der Waals surface area contributed by atoms with Crippen molar-refractivity contribution in [1.82, 2.24) is 25.1 Å². The van der Waals surface area contributed by atoms with Crippen LogP contribution in [0.1, 0.15) is 5.69 Å². The summed E-state index contributed by atoms with van der Waals surface area (Å²) in [5.41, 5.74) is 2.29. The summed E-state index contributed by atoms with van der Waals surface area (Å²) in [5, 5.41) is 12.3. The number of hydrogen-bond donors (Lipinski definition) is 0. The highest BCUT2D eigenvalue weighted by Gasteiger charge is 2.31. The van der Waals surface area contributed by atoms with Crippen LogP contribution in [0.2, 0.25) is 0 Å². The number of fused-ring (bicyclic) bond motifs is 1. The summed E-state index contributed by atoms with van der Waals surface area (Å²) < 4.78 is 47.5. The van der Waals surface area contributed by atoms with Crippen molar-refractivity contribution in [3.05, 3.63) is 89.0 Å². The van der Waals surface area contributed by atoms with Gasteiger partial charge in [-0.05, 0) is 47.5 Å². The molecule has 0 aliphatic heterocycles. The highest BCUT2D eigenvalue weighted by atomic mass is 19.4. The molecule has 0 fully saturated rings. The van der Waals surface area contributed by atoms with Gasteiger partial charge in [0.05, 0.1) is 11.9 Å². The van der Waals surface area contributed by atoms with Crippen LogP contribution in [0.3, 0.4) is 0 Å². The minimum absolute atomic E-state index is 0.0335. The Kier molecular flexibility index (Phi) is 5.28. The van der Waals surface area contributed by atoms with Gasteiger partial charge in [-0.1, -0.05) is 34.6 Å². The molecule has 0 atom stereocenters. The van der Waals surface area contributed by atoms with Crippen LogP contribution in [0, 0.1) is 0 Å². The topological polar surface area (TPSA) is 95.9 Å². The van der Waals surface area contributed by atoms with Crippen LogP contribution in [-0.2, 0) is 6.54 Å². The fraction of sp³-hybridized carbons (Fsp3) is 0.0870. The van der Waals surface area contributed by atoms with Crippen LogP contribution < -0.4 is 10.3 Å². The number of benzene rings is 2. The maximum atomic E-state index is 13.0. The Bertz CT molecular complexity index is 1510. The third kappa shape index (κ3) is 4.49. The summed E-state index contributed by atoms with van der Waals surface area (Å²) in [7, 11) is 0. The lowest BCUT2D eigenvalue weighted by molar-refractivity contribution is -0.274. The maximum Gasteiger partial charge on any atom is 0.573 e. The predicted molar refractivity (Wildman–Crippen MR) is 115 cm³/mol. The van der Waals surface area contributed by atoms with Crippen molar-refractivity contribution in [3.8, 4) is 28.3 Å². The zero-order chi connectivity index (χ0) is 23.7. The molecule has 0 radical (unpaired) electrons. The Morgan fingerprint density at radius 3 is 2.50 bits per heavy atom. The Labute approximate surface area is 189 Å². The average Bonchev–Trinajstić information content (AvgIpc) is 3.29. The third-order valence-corrected chi connectivity index (χ3v) is 4.93. The number of ether oxygens (including phenoxy) is 1. The van der Waals surface area contributed by atoms with Gasteiger partial charge in [-0.3, -0.25) is 9.78 Å². The Morgan fingerprint density at radius 1 is 0.971 bits per heavy atom. The van der Waals surface area contributed by atoms with Gasteiger partial charge in [-0.25, -0.2) is 4.68 Å². The number of hydrogen-bond acceptors (Lipinski definition) is 7. The lowest BCUT2D eigenvalue weighted by atomic mass is 10.0. The van der Waals surface area contributed by atoms with E-state index in [4.69, 9.17) is 4.52 Å². The van der Waals surface area contributed by atoms with Gasteiger partial charge in [-0.15, -0.1) is 18.3 Å². The number of halogens is 3. The molecule has 0 saturated carbocycles. The lowest BCUT2D eigenvalue weighted by Crippen LogP contribution is -2.25. The van der Waals surface area contributed by atoms with Crippen molar-refractivity contribution >= 4 is 10.9 Å². The molecule has 0 spiro atoms. The molecule has 0 aliphatic rings. The maximum absolute atomic E-state index is 13.0. The minimum Gasteiger partial charge on any atom is -0.406 e. The van der Waals surface area contributed by atoms with Gasteiger partial charge in [0.25, 0.3) is 5.56 Å². The molecule has 3 aromatic heterocycles. The van der Waals surface area contributed by atoms with Gasteiger partial charge in [0.1, 0.15) is 22.7 Å². The fourth-order valence-corrected chi connectivity index (χ4v) is 3.38. The first kappa shape index (κ1) is 21.3. The summed E-state index contributed by atoms with van der Waals surface area (Å²) in [6.07, 6.45) is -3.14. The van der Waals surface area contributed by atoms with E-state index < -0.39 is 11.9 Å². The molecule has 0 saturated heterocycles. The zero-order valence-corrected chi connectivity index (χ0v) is 17.2. The van der Waals surface area contributed by atoms with E-state index in [1.165, 1.54) is 24.3 Å².